The number of carbonyl (C=O) groups is 2. The van der Waals surface area contributed by atoms with Crippen LogP contribution in [0.25, 0.3) is 22.2 Å². The number of amides is 2. The number of ether oxygens (including phenoxy) is 2. The summed E-state index contributed by atoms with van der Waals surface area (Å²) in [5.74, 6) is 0.997. The lowest BCUT2D eigenvalue weighted by Gasteiger charge is -2.31. The summed E-state index contributed by atoms with van der Waals surface area (Å²) in [6.07, 6.45) is 6.74. The summed E-state index contributed by atoms with van der Waals surface area (Å²) in [4.78, 5) is 28.7. The van der Waals surface area contributed by atoms with Crippen molar-refractivity contribution >= 4 is 22.7 Å². The number of carbonyl (C=O) groups excluding carboxylic acids is 2. The highest BCUT2D eigenvalue weighted by Crippen LogP contribution is 2.66. The molecule has 0 spiro atoms. The number of rotatable bonds is 4. The summed E-state index contributed by atoms with van der Waals surface area (Å²) in [5.41, 5.74) is 7.46. The van der Waals surface area contributed by atoms with Crippen molar-refractivity contribution < 1.29 is 24.3 Å². The number of hydroxylamine groups is 1. The summed E-state index contributed by atoms with van der Waals surface area (Å²) in [7, 11) is 1.69. The monoisotopic (exact) mass is 529 g/mol. The molecule has 7 rings (SSSR count). The zero-order valence-corrected chi connectivity index (χ0v) is 22.4. The molecule has 3 fully saturated rings. The lowest BCUT2D eigenvalue weighted by Crippen LogP contribution is -2.45. The predicted molar refractivity (Wildman–Crippen MR) is 146 cm³/mol. The number of hydrogen-bond acceptors (Lipinski definition) is 5. The van der Waals surface area contributed by atoms with Crippen LogP contribution in [0.15, 0.2) is 36.4 Å². The van der Waals surface area contributed by atoms with E-state index < -0.39 is 11.3 Å². The molecule has 2 saturated carbocycles. The van der Waals surface area contributed by atoms with E-state index >= 15 is 0 Å². The van der Waals surface area contributed by atoms with Crippen molar-refractivity contribution in [2.24, 2.45) is 5.41 Å². The van der Waals surface area contributed by atoms with Gasteiger partial charge in [-0.1, -0.05) is 25.3 Å². The Kier molecular flexibility index (Phi) is 5.93. The molecule has 3 heterocycles. The highest BCUT2D eigenvalue weighted by Gasteiger charge is 2.63. The molecule has 8 heteroatoms. The maximum Gasteiger partial charge on any atom is 0.274 e. The van der Waals surface area contributed by atoms with E-state index in [2.05, 4.69) is 16.7 Å². The molecule has 2 aromatic carbocycles. The smallest absolute Gasteiger partial charge is 0.274 e. The summed E-state index contributed by atoms with van der Waals surface area (Å²) in [5, 5.41) is 10.5. The van der Waals surface area contributed by atoms with Gasteiger partial charge in [0.15, 0.2) is 0 Å². The Morgan fingerprint density at radius 1 is 1.08 bits per heavy atom. The van der Waals surface area contributed by atoms with E-state index in [1.165, 1.54) is 41.6 Å². The van der Waals surface area contributed by atoms with Gasteiger partial charge in [-0.05, 0) is 66.6 Å². The molecule has 1 aromatic heterocycles. The largest absolute Gasteiger partial charge is 0.497 e. The molecule has 1 saturated heterocycles. The van der Waals surface area contributed by atoms with Gasteiger partial charge in [0.2, 0.25) is 5.91 Å². The number of benzene rings is 2. The van der Waals surface area contributed by atoms with Gasteiger partial charge in [-0.15, -0.1) is 0 Å². The molecule has 0 radical (unpaired) electrons. The van der Waals surface area contributed by atoms with Gasteiger partial charge in [0.05, 0.1) is 31.4 Å². The molecule has 4 aliphatic rings. The highest BCUT2D eigenvalue weighted by molar-refractivity contribution is 6.01. The van der Waals surface area contributed by atoms with Crippen LogP contribution < -0.4 is 10.2 Å². The summed E-state index contributed by atoms with van der Waals surface area (Å²) in [6.45, 7) is 2.94. The fraction of sp³-hybridized carbons (Fsp3) is 0.484. The average molecular weight is 530 g/mol. The van der Waals surface area contributed by atoms with Gasteiger partial charge in [0.25, 0.3) is 5.91 Å². The van der Waals surface area contributed by atoms with Gasteiger partial charge in [0.1, 0.15) is 5.75 Å². The van der Waals surface area contributed by atoms with E-state index in [1.807, 2.05) is 23.1 Å². The van der Waals surface area contributed by atoms with Crippen molar-refractivity contribution in [3.8, 4) is 17.0 Å². The van der Waals surface area contributed by atoms with E-state index in [9.17, 15) is 14.8 Å². The fourth-order valence-electron chi connectivity index (χ4n) is 7.57. The number of morpholine rings is 1. The Bertz CT molecular complexity index is 1470. The van der Waals surface area contributed by atoms with Crippen LogP contribution in [0.1, 0.15) is 71.8 Å². The highest BCUT2D eigenvalue weighted by atomic mass is 16.5. The Labute approximate surface area is 227 Å². The summed E-state index contributed by atoms with van der Waals surface area (Å²) >= 11 is 0. The second kappa shape index (κ2) is 9.38. The molecular formula is C31H35N3O5. The Balaban J connectivity index is 1.48. The third kappa shape index (κ3) is 3.79. The first kappa shape index (κ1) is 24.7. The molecular weight excluding hydrogens is 494 g/mol. The van der Waals surface area contributed by atoms with Gasteiger partial charge in [-0.3, -0.25) is 14.8 Å². The van der Waals surface area contributed by atoms with Gasteiger partial charge >= 0.3 is 0 Å². The lowest BCUT2D eigenvalue weighted by atomic mass is 9.81. The Hall–Kier alpha value is -3.36. The molecule has 2 amide bonds. The third-order valence-corrected chi connectivity index (χ3v) is 9.61. The number of nitrogens with zero attached hydrogens (tertiary/aromatic N) is 2. The van der Waals surface area contributed by atoms with Crippen LogP contribution in [-0.2, 0) is 16.1 Å². The molecule has 39 heavy (non-hydrogen) atoms. The van der Waals surface area contributed by atoms with E-state index in [4.69, 9.17) is 9.47 Å². The maximum atomic E-state index is 14.2. The molecule has 8 nitrogen and oxygen atoms in total. The molecule has 2 atom stereocenters. The third-order valence-electron chi connectivity index (χ3n) is 9.61. The second-order valence-electron chi connectivity index (χ2n) is 11.6. The Morgan fingerprint density at radius 2 is 1.87 bits per heavy atom. The lowest BCUT2D eigenvalue weighted by molar-refractivity contribution is -0.141. The normalized spacial score (nSPS) is 24.4. The zero-order valence-electron chi connectivity index (χ0n) is 22.4. The topological polar surface area (TPSA) is 93.0 Å². The van der Waals surface area contributed by atoms with Crippen LogP contribution in [0.3, 0.4) is 0 Å². The molecule has 0 bridgehead atoms. The van der Waals surface area contributed by atoms with Gasteiger partial charge < -0.3 is 18.9 Å². The molecule has 2 aliphatic carbocycles. The molecule has 204 valence electrons. The number of aromatic nitrogens is 1. The van der Waals surface area contributed by atoms with Crippen LogP contribution in [0.4, 0.5) is 0 Å². The van der Waals surface area contributed by atoms with Gasteiger partial charge in [-0.2, -0.15) is 0 Å². The molecule has 2 unspecified atom stereocenters. The van der Waals surface area contributed by atoms with E-state index in [1.54, 1.807) is 18.7 Å². The first-order valence-corrected chi connectivity index (χ1v) is 14.2. The minimum absolute atomic E-state index is 0.107. The Morgan fingerprint density at radius 3 is 2.62 bits per heavy atom. The number of methoxy groups -OCH3 is 1. The van der Waals surface area contributed by atoms with Crippen molar-refractivity contribution in [1.82, 2.24) is 14.9 Å². The van der Waals surface area contributed by atoms with Crippen molar-refractivity contribution in [2.45, 2.75) is 56.9 Å². The van der Waals surface area contributed by atoms with Crippen molar-refractivity contribution in [3.63, 3.8) is 0 Å². The maximum absolute atomic E-state index is 14.2. The molecule has 2 N–H and O–H groups in total. The predicted octanol–water partition coefficient (Wildman–Crippen LogP) is 4.83. The van der Waals surface area contributed by atoms with E-state index in [-0.39, 0.29) is 11.8 Å². The molecule has 3 aromatic rings. The minimum Gasteiger partial charge on any atom is -0.497 e. The summed E-state index contributed by atoms with van der Waals surface area (Å²) < 4.78 is 13.5. The van der Waals surface area contributed by atoms with Crippen LogP contribution >= 0.6 is 0 Å². The van der Waals surface area contributed by atoms with Gasteiger partial charge in [0, 0.05) is 47.6 Å². The standard InChI is InChI=1S/C31H35N3O5/c1-38-21-8-10-22-24(16-21)25-17-31(25,30(36)33-11-13-39-14-12-33)18-34-26-15-20(29(35)32-37)7-9-23(26)27(28(22)34)19-5-3-2-4-6-19/h7-10,15-16,19,25,37H,2-6,11-14,17-18H2,1H3,(H,32,35). The minimum atomic E-state index is -0.547. The SMILES string of the molecule is COc1ccc2c(c1)C1CC1(C(=O)N1CCOCC1)Cn1c-2c(C2CCCCC2)c2ccc(C(=O)NO)cc21. The zero-order chi connectivity index (χ0) is 26.7. The fourth-order valence-corrected chi connectivity index (χ4v) is 7.57. The number of fused-ring (bicyclic) bond motifs is 7. The van der Waals surface area contributed by atoms with Gasteiger partial charge in [-0.25, -0.2) is 5.48 Å². The first-order valence-electron chi connectivity index (χ1n) is 14.2. The van der Waals surface area contributed by atoms with Crippen LogP contribution in [0, 0.1) is 5.41 Å². The second-order valence-corrected chi connectivity index (χ2v) is 11.6. The van der Waals surface area contributed by atoms with Crippen molar-refractivity contribution in [3.05, 3.63) is 53.1 Å². The van der Waals surface area contributed by atoms with Crippen LogP contribution in [-0.4, -0.2) is 59.9 Å². The van der Waals surface area contributed by atoms with E-state index in [0.29, 0.717) is 44.3 Å². The van der Waals surface area contributed by atoms with Crippen LogP contribution in [0.5, 0.6) is 5.75 Å². The van der Waals surface area contributed by atoms with Crippen molar-refractivity contribution in [2.75, 3.05) is 33.4 Å². The quantitative estimate of drug-likeness (QED) is 0.373. The number of hydrogen-bond donors (Lipinski definition) is 2. The number of nitrogens with one attached hydrogen (secondary N) is 1. The average Bonchev–Trinajstić information content (AvgIpc) is 3.67. The van der Waals surface area contributed by atoms with E-state index in [0.717, 1.165) is 35.9 Å². The first-order chi connectivity index (χ1) is 19.1. The van der Waals surface area contributed by atoms with Crippen LogP contribution in [0.2, 0.25) is 0 Å². The van der Waals surface area contributed by atoms with Crippen molar-refractivity contribution in [1.29, 1.82) is 0 Å². The molecule has 2 aliphatic heterocycles. The summed E-state index contributed by atoms with van der Waals surface area (Å²) in [6, 6.07) is 12.0.